The van der Waals surface area contributed by atoms with Crippen molar-refractivity contribution in [1.29, 1.82) is 0 Å². The van der Waals surface area contributed by atoms with Gasteiger partial charge in [0, 0.05) is 25.2 Å². The van der Waals surface area contributed by atoms with E-state index in [0.717, 1.165) is 25.2 Å². The summed E-state index contributed by atoms with van der Waals surface area (Å²) in [6.07, 6.45) is 5.25. The SMILES string of the molecule is O=C(O)CCCN(Cc1ccccn1)C1CC1. The molecule has 2 rings (SSSR count). The van der Waals surface area contributed by atoms with Crippen LogP contribution >= 0.6 is 0 Å². The van der Waals surface area contributed by atoms with E-state index in [1.807, 2.05) is 18.2 Å². The second-order valence-corrected chi connectivity index (χ2v) is 4.52. The first-order valence-corrected chi connectivity index (χ1v) is 6.11. The topological polar surface area (TPSA) is 53.4 Å². The molecule has 1 heterocycles. The largest absolute Gasteiger partial charge is 0.481 e. The van der Waals surface area contributed by atoms with Crippen molar-refractivity contribution >= 4 is 5.97 Å². The van der Waals surface area contributed by atoms with Crippen LogP contribution in [0.3, 0.4) is 0 Å². The Morgan fingerprint density at radius 1 is 1.47 bits per heavy atom. The molecule has 92 valence electrons. The summed E-state index contributed by atoms with van der Waals surface area (Å²) in [7, 11) is 0. The summed E-state index contributed by atoms with van der Waals surface area (Å²) in [6, 6.07) is 6.57. The first-order valence-electron chi connectivity index (χ1n) is 6.11. The van der Waals surface area contributed by atoms with Gasteiger partial charge in [-0.25, -0.2) is 0 Å². The molecule has 1 aromatic heterocycles. The first kappa shape index (κ1) is 12.0. The molecule has 17 heavy (non-hydrogen) atoms. The highest BCUT2D eigenvalue weighted by molar-refractivity contribution is 5.66. The van der Waals surface area contributed by atoms with E-state index in [0.29, 0.717) is 6.04 Å². The van der Waals surface area contributed by atoms with Crippen molar-refractivity contribution in [1.82, 2.24) is 9.88 Å². The van der Waals surface area contributed by atoms with E-state index in [2.05, 4.69) is 9.88 Å². The average molecular weight is 234 g/mol. The van der Waals surface area contributed by atoms with Crippen LogP contribution in [-0.2, 0) is 11.3 Å². The van der Waals surface area contributed by atoms with Crippen LogP contribution in [-0.4, -0.2) is 33.5 Å². The van der Waals surface area contributed by atoms with Crippen LogP contribution in [0.4, 0.5) is 0 Å². The van der Waals surface area contributed by atoms with Gasteiger partial charge in [0.05, 0.1) is 5.69 Å². The summed E-state index contributed by atoms with van der Waals surface area (Å²) in [5, 5.41) is 8.64. The number of carboxylic acids is 1. The Kier molecular flexibility index (Phi) is 4.09. The standard InChI is InChI=1S/C13H18N2O2/c16-13(17)5-3-9-15(12-6-7-12)10-11-4-1-2-8-14-11/h1-2,4,8,12H,3,5-7,9-10H2,(H,16,17). The fourth-order valence-corrected chi connectivity index (χ4v) is 1.96. The molecule has 0 saturated heterocycles. The van der Waals surface area contributed by atoms with Gasteiger partial charge in [0.2, 0.25) is 0 Å². The summed E-state index contributed by atoms with van der Waals surface area (Å²) in [4.78, 5) is 17.2. The lowest BCUT2D eigenvalue weighted by Crippen LogP contribution is -2.27. The predicted octanol–water partition coefficient (Wildman–Crippen LogP) is 1.91. The summed E-state index contributed by atoms with van der Waals surface area (Å²) >= 11 is 0. The molecule has 1 aliphatic rings. The smallest absolute Gasteiger partial charge is 0.303 e. The van der Waals surface area contributed by atoms with Crippen LogP contribution in [0.5, 0.6) is 0 Å². The van der Waals surface area contributed by atoms with E-state index in [4.69, 9.17) is 5.11 Å². The molecule has 4 nitrogen and oxygen atoms in total. The van der Waals surface area contributed by atoms with Gasteiger partial charge in [0.15, 0.2) is 0 Å². The summed E-state index contributed by atoms with van der Waals surface area (Å²) in [5.74, 6) is -0.710. The highest BCUT2D eigenvalue weighted by atomic mass is 16.4. The normalized spacial score (nSPS) is 15.1. The van der Waals surface area contributed by atoms with Crippen molar-refractivity contribution in [3.63, 3.8) is 0 Å². The number of nitrogens with zero attached hydrogens (tertiary/aromatic N) is 2. The number of carbonyl (C=O) groups is 1. The fraction of sp³-hybridized carbons (Fsp3) is 0.538. The minimum absolute atomic E-state index is 0.255. The molecule has 0 unspecified atom stereocenters. The molecule has 0 amide bonds. The van der Waals surface area contributed by atoms with E-state index < -0.39 is 5.97 Å². The Balaban J connectivity index is 1.83. The zero-order chi connectivity index (χ0) is 12.1. The second kappa shape index (κ2) is 5.77. The Bertz CT molecular complexity index is 363. The molecule has 0 aromatic carbocycles. The second-order valence-electron chi connectivity index (χ2n) is 4.52. The summed E-state index contributed by atoms with van der Waals surface area (Å²) in [5.41, 5.74) is 1.06. The lowest BCUT2D eigenvalue weighted by Gasteiger charge is -2.21. The Morgan fingerprint density at radius 2 is 2.29 bits per heavy atom. The van der Waals surface area contributed by atoms with Gasteiger partial charge in [-0.2, -0.15) is 0 Å². The van der Waals surface area contributed by atoms with Gasteiger partial charge in [-0.05, 0) is 37.9 Å². The van der Waals surface area contributed by atoms with E-state index in [9.17, 15) is 4.79 Å². The van der Waals surface area contributed by atoms with Crippen molar-refractivity contribution < 1.29 is 9.90 Å². The third-order valence-electron chi connectivity index (χ3n) is 2.99. The third-order valence-corrected chi connectivity index (χ3v) is 2.99. The van der Waals surface area contributed by atoms with Crippen LogP contribution in [0, 0.1) is 0 Å². The van der Waals surface area contributed by atoms with Gasteiger partial charge in [-0.3, -0.25) is 14.7 Å². The molecule has 0 atom stereocenters. The van der Waals surface area contributed by atoms with E-state index in [1.165, 1.54) is 12.8 Å². The van der Waals surface area contributed by atoms with Crippen molar-refractivity contribution in [3.05, 3.63) is 30.1 Å². The van der Waals surface area contributed by atoms with Gasteiger partial charge < -0.3 is 5.11 Å². The van der Waals surface area contributed by atoms with Gasteiger partial charge in [-0.15, -0.1) is 0 Å². The van der Waals surface area contributed by atoms with Crippen molar-refractivity contribution in [2.24, 2.45) is 0 Å². The summed E-state index contributed by atoms with van der Waals surface area (Å²) < 4.78 is 0. The Labute approximate surface area is 101 Å². The number of rotatable bonds is 7. The maximum atomic E-state index is 10.5. The highest BCUT2D eigenvalue weighted by Gasteiger charge is 2.28. The zero-order valence-electron chi connectivity index (χ0n) is 9.88. The lowest BCUT2D eigenvalue weighted by atomic mass is 10.2. The number of carboxylic acid groups (broad SMARTS) is 1. The quantitative estimate of drug-likeness (QED) is 0.783. The molecule has 1 N–H and O–H groups in total. The molecule has 1 aliphatic carbocycles. The zero-order valence-corrected chi connectivity index (χ0v) is 9.88. The molecular formula is C13H18N2O2. The highest BCUT2D eigenvalue weighted by Crippen LogP contribution is 2.28. The molecule has 1 saturated carbocycles. The van der Waals surface area contributed by atoms with Crippen LogP contribution < -0.4 is 0 Å². The molecule has 1 fully saturated rings. The maximum absolute atomic E-state index is 10.5. The monoisotopic (exact) mass is 234 g/mol. The van der Waals surface area contributed by atoms with Crippen LogP contribution in [0.15, 0.2) is 24.4 Å². The number of aliphatic carboxylic acids is 1. The minimum atomic E-state index is -0.710. The Morgan fingerprint density at radius 3 is 2.88 bits per heavy atom. The van der Waals surface area contributed by atoms with Crippen molar-refractivity contribution in [2.75, 3.05) is 6.54 Å². The molecule has 0 aliphatic heterocycles. The maximum Gasteiger partial charge on any atom is 0.303 e. The summed E-state index contributed by atoms with van der Waals surface area (Å²) in [6.45, 7) is 1.69. The van der Waals surface area contributed by atoms with E-state index >= 15 is 0 Å². The lowest BCUT2D eigenvalue weighted by molar-refractivity contribution is -0.137. The van der Waals surface area contributed by atoms with Crippen LogP contribution in [0.2, 0.25) is 0 Å². The predicted molar refractivity (Wildman–Crippen MR) is 64.5 cm³/mol. The number of aromatic nitrogens is 1. The number of hydrogen-bond donors (Lipinski definition) is 1. The molecule has 4 heteroatoms. The van der Waals surface area contributed by atoms with Gasteiger partial charge in [0.25, 0.3) is 0 Å². The van der Waals surface area contributed by atoms with Gasteiger partial charge in [-0.1, -0.05) is 6.07 Å². The number of pyridine rings is 1. The van der Waals surface area contributed by atoms with Crippen LogP contribution in [0.1, 0.15) is 31.4 Å². The van der Waals surface area contributed by atoms with Gasteiger partial charge in [0.1, 0.15) is 0 Å². The fourth-order valence-electron chi connectivity index (χ4n) is 1.96. The molecule has 1 aromatic rings. The third kappa shape index (κ3) is 4.15. The molecule has 0 spiro atoms. The van der Waals surface area contributed by atoms with Gasteiger partial charge >= 0.3 is 5.97 Å². The molecule has 0 bridgehead atoms. The molecular weight excluding hydrogens is 216 g/mol. The first-order chi connectivity index (χ1) is 8.25. The van der Waals surface area contributed by atoms with Crippen molar-refractivity contribution in [3.8, 4) is 0 Å². The average Bonchev–Trinajstić information content (AvgIpc) is 3.12. The van der Waals surface area contributed by atoms with Crippen LogP contribution in [0.25, 0.3) is 0 Å². The number of hydrogen-bond acceptors (Lipinski definition) is 3. The molecule has 0 radical (unpaired) electrons. The van der Waals surface area contributed by atoms with E-state index in [1.54, 1.807) is 6.20 Å². The van der Waals surface area contributed by atoms with Crippen molar-refractivity contribution in [2.45, 2.75) is 38.3 Å². The van der Waals surface area contributed by atoms with E-state index in [-0.39, 0.29) is 6.42 Å². The Hall–Kier alpha value is -1.42. The minimum Gasteiger partial charge on any atom is -0.481 e.